The van der Waals surface area contributed by atoms with Crippen molar-refractivity contribution in [1.82, 2.24) is 20.0 Å². The van der Waals surface area contributed by atoms with Gasteiger partial charge in [0.2, 0.25) is 0 Å². The Kier molecular flexibility index (Phi) is 10.3. The number of phenolic OH excluding ortho intramolecular Hbond substituents is 1. The Hall–Kier alpha value is -3.88. The van der Waals surface area contributed by atoms with Crippen molar-refractivity contribution in [2.75, 3.05) is 26.2 Å². The van der Waals surface area contributed by atoms with Crippen molar-refractivity contribution in [1.29, 1.82) is 0 Å². The van der Waals surface area contributed by atoms with Gasteiger partial charge in [0.25, 0.3) is 0 Å². The number of hydrogen-bond acceptors (Lipinski definition) is 5. The van der Waals surface area contributed by atoms with Crippen LogP contribution in [0.3, 0.4) is 0 Å². The smallest absolute Gasteiger partial charge is 0.312 e. The largest absolute Gasteiger partial charge is 0.508 e. The maximum Gasteiger partial charge on any atom is 0.312 e. The zero-order valence-corrected chi connectivity index (χ0v) is 25.0. The highest BCUT2D eigenvalue weighted by molar-refractivity contribution is 6.36. The molecule has 9 nitrogen and oxygen atoms in total. The first kappa shape index (κ1) is 30.6. The van der Waals surface area contributed by atoms with Crippen molar-refractivity contribution < 1.29 is 24.3 Å². The number of nitrogens with one attached hydrogen (secondary N) is 1. The van der Waals surface area contributed by atoms with Crippen LogP contribution in [0, 0.1) is 5.92 Å². The zero-order valence-electron chi connectivity index (χ0n) is 25.0. The molecule has 0 bridgehead atoms. The van der Waals surface area contributed by atoms with Crippen LogP contribution in [-0.2, 0) is 32.1 Å². The van der Waals surface area contributed by atoms with E-state index in [1.165, 1.54) is 32.1 Å². The van der Waals surface area contributed by atoms with Gasteiger partial charge < -0.3 is 25.1 Å². The lowest BCUT2D eigenvalue weighted by Crippen LogP contribution is -2.60. The quantitative estimate of drug-likeness (QED) is 0.291. The van der Waals surface area contributed by atoms with E-state index in [-0.39, 0.29) is 17.8 Å². The number of hydrogen-bond donors (Lipinski definition) is 2. The minimum Gasteiger partial charge on any atom is -0.508 e. The second-order valence-corrected chi connectivity index (χ2v) is 12.3. The Labute approximate surface area is 254 Å². The lowest BCUT2D eigenvalue weighted by atomic mass is 9.86. The van der Waals surface area contributed by atoms with Crippen LogP contribution in [0.4, 0.5) is 0 Å². The fourth-order valence-electron chi connectivity index (χ4n) is 6.83. The summed E-state index contributed by atoms with van der Waals surface area (Å²) in [5, 5.41) is 12.5. The molecule has 3 fully saturated rings. The summed E-state index contributed by atoms with van der Waals surface area (Å²) >= 11 is 0. The van der Waals surface area contributed by atoms with E-state index >= 15 is 0 Å². The van der Waals surface area contributed by atoms with Crippen molar-refractivity contribution in [2.45, 2.75) is 82.8 Å². The standard InChI is InChI=1S/C34H44N4O5/c39-30-16-14-26(15-17-30)21-29-24-36(33(42)34(43)38(29)23-27-11-5-2-6-12-27)19-8-7-13-28-22-35-31(40)32(41)37(28)20-18-25-9-3-1-4-10-25/h2,5-6,11-12,14-17,25,28-29,39H,1,3-4,7-10,13,18-24H2,(H,35,40)/t28-,29+/m1/s1. The first-order valence-corrected chi connectivity index (χ1v) is 15.9. The fraction of sp³-hybridized carbons (Fsp3) is 0.529. The number of carbonyl (C=O) groups is 4. The number of amides is 4. The van der Waals surface area contributed by atoms with E-state index in [4.69, 9.17) is 0 Å². The summed E-state index contributed by atoms with van der Waals surface area (Å²) < 4.78 is 0. The molecule has 0 unspecified atom stereocenters. The van der Waals surface area contributed by atoms with Gasteiger partial charge in [0.15, 0.2) is 0 Å². The molecule has 2 aromatic carbocycles. The predicted octanol–water partition coefficient (Wildman–Crippen LogP) is 3.64. The Morgan fingerprint density at radius 1 is 0.721 bits per heavy atom. The Bertz CT molecular complexity index is 1260. The van der Waals surface area contributed by atoms with E-state index < -0.39 is 23.6 Å². The van der Waals surface area contributed by atoms with Crippen LogP contribution in [0.2, 0.25) is 0 Å². The summed E-state index contributed by atoms with van der Waals surface area (Å²) in [6, 6.07) is 16.4. The molecule has 1 aliphatic carbocycles. The molecule has 2 aliphatic heterocycles. The molecule has 0 aromatic heterocycles. The van der Waals surface area contributed by atoms with Crippen LogP contribution < -0.4 is 5.32 Å². The minimum absolute atomic E-state index is 0.0453. The summed E-state index contributed by atoms with van der Waals surface area (Å²) in [5.74, 6) is -1.10. The normalized spacial score (nSPS) is 21.8. The van der Waals surface area contributed by atoms with Gasteiger partial charge in [-0.05, 0) is 61.3 Å². The summed E-state index contributed by atoms with van der Waals surface area (Å²) in [6.07, 6.45) is 9.95. The third-order valence-electron chi connectivity index (χ3n) is 9.32. The molecule has 2 N–H and O–H groups in total. The number of benzene rings is 2. The van der Waals surface area contributed by atoms with E-state index in [1.807, 2.05) is 42.5 Å². The first-order valence-electron chi connectivity index (χ1n) is 15.9. The number of unbranched alkanes of at least 4 members (excludes halogenated alkanes) is 1. The molecular formula is C34H44N4O5. The van der Waals surface area contributed by atoms with E-state index in [2.05, 4.69) is 5.32 Å². The average molecular weight is 589 g/mol. The highest BCUT2D eigenvalue weighted by atomic mass is 16.3. The third kappa shape index (κ3) is 7.94. The summed E-state index contributed by atoms with van der Waals surface area (Å²) in [7, 11) is 0. The number of nitrogens with zero attached hydrogens (tertiary/aromatic N) is 3. The van der Waals surface area contributed by atoms with Gasteiger partial charge in [0.05, 0.1) is 6.04 Å². The number of rotatable bonds is 12. The summed E-state index contributed by atoms with van der Waals surface area (Å²) in [5.41, 5.74) is 1.95. The molecule has 2 heterocycles. The van der Waals surface area contributed by atoms with E-state index in [9.17, 15) is 24.3 Å². The van der Waals surface area contributed by atoms with Crippen LogP contribution in [0.25, 0.3) is 0 Å². The lowest BCUT2D eigenvalue weighted by Gasteiger charge is -2.41. The van der Waals surface area contributed by atoms with Gasteiger partial charge in [-0.25, -0.2) is 0 Å². The number of piperazine rings is 2. The van der Waals surface area contributed by atoms with Crippen LogP contribution in [0.5, 0.6) is 5.75 Å². The molecule has 0 radical (unpaired) electrons. The molecule has 2 saturated heterocycles. The maximum absolute atomic E-state index is 13.4. The second kappa shape index (κ2) is 14.5. The Morgan fingerprint density at radius 3 is 2.21 bits per heavy atom. The van der Waals surface area contributed by atoms with E-state index in [1.54, 1.807) is 26.8 Å². The molecule has 1 saturated carbocycles. The van der Waals surface area contributed by atoms with Crippen molar-refractivity contribution >= 4 is 23.6 Å². The van der Waals surface area contributed by atoms with Crippen LogP contribution in [0.15, 0.2) is 54.6 Å². The van der Waals surface area contributed by atoms with Gasteiger partial charge in [-0.3, -0.25) is 19.2 Å². The van der Waals surface area contributed by atoms with Crippen LogP contribution in [-0.4, -0.2) is 81.7 Å². The molecule has 0 spiro atoms. The Morgan fingerprint density at radius 2 is 1.47 bits per heavy atom. The van der Waals surface area contributed by atoms with Gasteiger partial charge >= 0.3 is 23.6 Å². The Balaban J connectivity index is 1.18. The SMILES string of the molecule is O=C1NC[C@@H](CCCCN2C[C@H](Cc3ccc(O)cc3)N(Cc3ccccc3)C(=O)C2=O)N(CCC2CCCCC2)C1=O. The van der Waals surface area contributed by atoms with Crippen molar-refractivity contribution in [3.63, 3.8) is 0 Å². The highest BCUT2D eigenvalue weighted by Crippen LogP contribution is 2.27. The van der Waals surface area contributed by atoms with E-state index in [0.29, 0.717) is 51.5 Å². The zero-order chi connectivity index (χ0) is 30.2. The number of carbonyl (C=O) groups excluding carboxylic acids is 4. The number of aromatic hydroxyl groups is 1. The van der Waals surface area contributed by atoms with Crippen molar-refractivity contribution in [2.24, 2.45) is 5.92 Å². The maximum atomic E-state index is 13.4. The van der Waals surface area contributed by atoms with Gasteiger partial charge in [-0.2, -0.15) is 0 Å². The molecule has 5 rings (SSSR count). The summed E-state index contributed by atoms with van der Waals surface area (Å²) in [4.78, 5) is 56.6. The lowest BCUT2D eigenvalue weighted by molar-refractivity contribution is -0.159. The molecule has 3 aliphatic rings. The highest BCUT2D eigenvalue weighted by Gasteiger charge is 2.39. The average Bonchev–Trinajstić information content (AvgIpc) is 3.03. The molecule has 2 aromatic rings. The van der Waals surface area contributed by atoms with Gasteiger partial charge in [-0.1, -0.05) is 74.6 Å². The molecule has 4 amide bonds. The van der Waals surface area contributed by atoms with E-state index in [0.717, 1.165) is 30.4 Å². The van der Waals surface area contributed by atoms with Gasteiger partial charge in [0, 0.05) is 38.8 Å². The van der Waals surface area contributed by atoms with Crippen LogP contribution in [0.1, 0.15) is 68.9 Å². The summed E-state index contributed by atoms with van der Waals surface area (Å²) in [6.45, 7) is 2.34. The molecular weight excluding hydrogens is 544 g/mol. The molecule has 2 atom stereocenters. The number of phenols is 1. The molecule has 230 valence electrons. The van der Waals surface area contributed by atoms with Crippen molar-refractivity contribution in [3.8, 4) is 5.75 Å². The third-order valence-corrected chi connectivity index (χ3v) is 9.32. The van der Waals surface area contributed by atoms with Crippen molar-refractivity contribution in [3.05, 3.63) is 65.7 Å². The minimum atomic E-state index is -0.517. The monoisotopic (exact) mass is 588 g/mol. The second-order valence-electron chi connectivity index (χ2n) is 12.3. The molecule has 43 heavy (non-hydrogen) atoms. The predicted molar refractivity (Wildman–Crippen MR) is 163 cm³/mol. The molecule has 9 heteroatoms. The first-order chi connectivity index (χ1) is 20.9. The van der Waals surface area contributed by atoms with Gasteiger partial charge in [0.1, 0.15) is 5.75 Å². The van der Waals surface area contributed by atoms with Crippen LogP contribution >= 0.6 is 0 Å². The fourth-order valence-corrected chi connectivity index (χ4v) is 6.83. The topological polar surface area (TPSA) is 110 Å². The van der Waals surface area contributed by atoms with Gasteiger partial charge in [-0.15, -0.1) is 0 Å².